The van der Waals surface area contributed by atoms with Gasteiger partial charge in [0.15, 0.2) is 5.65 Å². The minimum Gasteiger partial charge on any atom is -0.489 e. The van der Waals surface area contributed by atoms with Crippen LogP contribution in [0.15, 0.2) is 18.2 Å². The Bertz CT molecular complexity index is 1220. The molecule has 3 aromatic rings. The first kappa shape index (κ1) is 21.2. The number of amides is 1. The van der Waals surface area contributed by atoms with E-state index in [2.05, 4.69) is 17.0 Å². The number of carbonyl (C=O) groups is 1. The third-order valence-electron chi connectivity index (χ3n) is 6.67. The Morgan fingerprint density at radius 1 is 1.19 bits per heavy atom. The molecule has 1 aliphatic heterocycles. The summed E-state index contributed by atoms with van der Waals surface area (Å²) in [5.74, 6) is 0.407. The van der Waals surface area contributed by atoms with Crippen LogP contribution in [0.1, 0.15) is 65.6 Å². The van der Waals surface area contributed by atoms with Gasteiger partial charge in [0.1, 0.15) is 11.6 Å². The fourth-order valence-corrected chi connectivity index (χ4v) is 4.85. The zero-order valence-corrected chi connectivity index (χ0v) is 19.2. The van der Waals surface area contributed by atoms with Crippen LogP contribution >= 0.6 is 11.6 Å². The van der Waals surface area contributed by atoms with Crippen molar-refractivity contribution in [2.24, 2.45) is 5.92 Å². The van der Waals surface area contributed by atoms with Gasteiger partial charge in [-0.2, -0.15) is 5.10 Å². The second-order valence-electron chi connectivity index (χ2n) is 9.06. The van der Waals surface area contributed by atoms with Crippen molar-refractivity contribution in [2.75, 3.05) is 0 Å². The summed E-state index contributed by atoms with van der Waals surface area (Å²) in [4.78, 5) is 19.7. The summed E-state index contributed by atoms with van der Waals surface area (Å²) in [6, 6.07) is 4.16. The van der Waals surface area contributed by atoms with Gasteiger partial charge in [-0.15, -0.1) is 0 Å². The normalized spacial score (nSPS) is 20.6. The molecule has 1 aliphatic carbocycles. The number of ether oxygens (including phenoxy) is 1. The number of halogens is 2. The largest absolute Gasteiger partial charge is 0.489 e. The Hall–Kier alpha value is -2.67. The number of fused-ring (bicyclic) bond motifs is 3. The van der Waals surface area contributed by atoms with Crippen LogP contribution < -0.4 is 4.74 Å². The van der Waals surface area contributed by atoms with Gasteiger partial charge in [-0.1, -0.05) is 18.5 Å². The highest BCUT2D eigenvalue weighted by atomic mass is 35.5. The molecule has 0 N–H and O–H groups in total. The van der Waals surface area contributed by atoms with E-state index in [1.807, 2.05) is 13.8 Å². The first-order chi connectivity index (χ1) is 15.3. The lowest BCUT2D eigenvalue weighted by Crippen LogP contribution is -2.28. The van der Waals surface area contributed by atoms with Gasteiger partial charge in [-0.3, -0.25) is 4.79 Å². The fourth-order valence-electron chi connectivity index (χ4n) is 4.72. The van der Waals surface area contributed by atoms with E-state index >= 15 is 0 Å². The van der Waals surface area contributed by atoms with Crippen LogP contribution in [-0.4, -0.2) is 31.5 Å². The standard InChI is InChI=1S/C24H26ClFN4O2/c1-13-4-7-17(8-5-13)32-21-10-16(26)6-9-18(21)24(31)29-11-19-20(12-29)28-30-15(3)22(25)14(2)27-23(19)30/h6,9-10,13,17H,4-5,7-8,11-12H2,1-3H3/t13-,17+. The van der Waals surface area contributed by atoms with E-state index in [0.717, 1.165) is 54.0 Å². The Kier molecular flexibility index (Phi) is 5.32. The first-order valence-electron chi connectivity index (χ1n) is 11.1. The van der Waals surface area contributed by atoms with Gasteiger partial charge in [0.25, 0.3) is 5.91 Å². The van der Waals surface area contributed by atoms with Gasteiger partial charge in [0.05, 0.1) is 46.9 Å². The molecule has 2 aliphatic rings. The number of hydrogen-bond donors (Lipinski definition) is 0. The van der Waals surface area contributed by atoms with Crippen molar-refractivity contribution in [3.8, 4) is 5.75 Å². The van der Waals surface area contributed by atoms with Gasteiger partial charge in [-0.05, 0) is 57.6 Å². The molecule has 1 fully saturated rings. The summed E-state index contributed by atoms with van der Waals surface area (Å²) in [6.45, 7) is 6.76. The van der Waals surface area contributed by atoms with E-state index in [-0.39, 0.29) is 12.0 Å². The SMILES string of the molecule is Cc1nc2c3c(nn2c(C)c1Cl)CN(C(=O)c1ccc(F)cc1O[C@H]1CC[C@@H](C)CC1)C3. The zero-order valence-electron chi connectivity index (χ0n) is 18.5. The highest BCUT2D eigenvalue weighted by Gasteiger charge is 2.32. The summed E-state index contributed by atoms with van der Waals surface area (Å²) in [5.41, 5.74) is 4.41. The number of carbonyl (C=O) groups excluding carboxylic acids is 1. The number of aryl methyl sites for hydroxylation is 2. The highest BCUT2D eigenvalue weighted by molar-refractivity contribution is 6.31. The summed E-state index contributed by atoms with van der Waals surface area (Å²) in [5, 5.41) is 5.24. The van der Waals surface area contributed by atoms with Crippen molar-refractivity contribution in [2.45, 2.75) is 65.6 Å². The van der Waals surface area contributed by atoms with Crippen molar-refractivity contribution in [3.63, 3.8) is 0 Å². The van der Waals surface area contributed by atoms with Crippen LogP contribution in [0.3, 0.4) is 0 Å². The number of rotatable bonds is 3. The van der Waals surface area contributed by atoms with Crippen LogP contribution in [0, 0.1) is 25.6 Å². The molecule has 2 aromatic heterocycles. The summed E-state index contributed by atoms with van der Waals surface area (Å²) < 4.78 is 21.9. The molecule has 8 heteroatoms. The second-order valence-corrected chi connectivity index (χ2v) is 9.44. The maximum atomic E-state index is 14.0. The van der Waals surface area contributed by atoms with Gasteiger partial charge in [0.2, 0.25) is 0 Å². The zero-order chi connectivity index (χ0) is 22.6. The van der Waals surface area contributed by atoms with Crippen LogP contribution in [0.5, 0.6) is 5.75 Å². The molecule has 0 bridgehead atoms. The molecule has 0 spiro atoms. The van der Waals surface area contributed by atoms with Crippen molar-refractivity contribution >= 4 is 23.2 Å². The van der Waals surface area contributed by atoms with Crippen LogP contribution in [0.4, 0.5) is 4.39 Å². The molecule has 1 aromatic carbocycles. The Morgan fingerprint density at radius 2 is 1.94 bits per heavy atom. The molecule has 1 amide bonds. The van der Waals surface area contributed by atoms with Gasteiger partial charge >= 0.3 is 0 Å². The van der Waals surface area contributed by atoms with E-state index in [9.17, 15) is 9.18 Å². The van der Waals surface area contributed by atoms with Crippen molar-refractivity contribution in [1.29, 1.82) is 0 Å². The van der Waals surface area contributed by atoms with E-state index in [1.54, 1.807) is 9.42 Å². The van der Waals surface area contributed by atoms with Crippen LogP contribution in [0.2, 0.25) is 5.02 Å². The lowest BCUT2D eigenvalue weighted by Gasteiger charge is -2.28. The Labute approximate surface area is 191 Å². The minimum atomic E-state index is -0.407. The van der Waals surface area contributed by atoms with E-state index in [1.165, 1.54) is 18.2 Å². The Balaban J connectivity index is 1.41. The van der Waals surface area contributed by atoms with Crippen LogP contribution in [0.25, 0.3) is 5.65 Å². The number of hydrogen-bond acceptors (Lipinski definition) is 4. The maximum absolute atomic E-state index is 14.0. The molecule has 3 heterocycles. The predicted octanol–water partition coefficient (Wildman–Crippen LogP) is 5.25. The van der Waals surface area contributed by atoms with Gasteiger partial charge < -0.3 is 9.64 Å². The third kappa shape index (κ3) is 3.62. The Morgan fingerprint density at radius 3 is 2.69 bits per heavy atom. The maximum Gasteiger partial charge on any atom is 0.258 e. The number of aromatic nitrogens is 3. The second kappa shape index (κ2) is 8.03. The molecule has 0 unspecified atom stereocenters. The third-order valence-corrected chi connectivity index (χ3v) is 7.22. The topological polar surface area (TPSA) is 59.7 Å². The molecule has 168 valence electrons. The molecule has 0 saturated heterocycles. The molecule has 0 atom stereocenters. The molecule has 1 saturated carbocycles. The smallest absolute Gasteiger partial charge is 0.258 e. The van der Waals surface area contributed by atoms with Crippen LogP contribution in [-0.2, 0) is 13.1 Å². The van der Waals surface area contributed by atoms with E-state index in [0.29, 0.717) is 35.3 Å². The quantitative estimate of drug-likeness (QED) is 0.540. The molecular weight excluding hydrogens is 431 g/mol. The van der Waals surface area contributed by atoms with Crippen molar-refractivity contribution in [1.82, 2.24) is 19.5 Å². The summed E-state index contributed by atoms with van der Waals surface area (Å²) in [6.07, 6.45) is 4.02. The average Bonchev–Trinajstić information content (AvgIpc) is 3.33. The van der Waals surface area contributed by atoms with Crippen molar-refractivity contribution < 1.29 is 13.9 Å². The molecule has 0 radical (unpaired) electrons. The van der Waals surface area contributed by atoms with Gasteiger partial charge in [0, 0.05) is 11.6 Å². The summed E-state index contributed by atoms with van der Waals surface area (Å²) in [7, 11) is 0. The molecular formula is C24H26ClFN4O2. The molecule has 32 heavy (non-hydrogen) atoms. The lowest BCUT2D eigenvalue weighted by molar-refractivity contribution is 0.0736. The van der Waals surface area contributed by atoms with Crippen molar-refractivity contribution in [3.05, 3.63) is 57.2 Å². The predicted molar refractivity (Wildman–Crippen MR) is 119 cm³/mol. The number of nitrogens with zero attached hydrogens (tertiary/aromatic N) is 4. The van der Waals surface area contributed by atoms with E-state index < -0.39 is 5.82 Å². The van der Waals surface area contributed by atoms with Gasteiger partial charge in [-0.25, -0.2) is 13.9 Å². The minimum absolute atomic E-state index is 0.0134. The lowest BCUT2D eigenvalue weighted by atomic mass is 9.89. The van der Waals surface area contributed by atoms with E-state index in [4.69, 9.17) is 16.3 Å². The molecule has 5 rings (SSSR count). The first-order valence-corrected chi connectivity index (χ1v) is 11.5. The fraction of sp³-hybridized carbons (Fsp3) is 0.458. The monoisotopic (exact) mass is 456 g/mol. The highest BCUT2D eigenvalue weighted by Crippen LogP contribution is 2.33. The molecule has 6 nitrogen and oxygen atoms in total. The summed E-state index contributed by atoms with van der Waals surface area (Å²) >= 11 is 6.32. The number of benzene rings is 1. The average molecular weight is 457 g/mol.